The van der Waals surface area contributed by atoms with Gasteiger partial charge in [-0.25, -0.2) is 4.98 Å². The van der Waals surface area contributed by atoms with E-state index in [2.05, 4.69) is 32.4 Å². The number of hydrogen-bond donors (Lipinski definition) is 3. The molecule has 0 unspecified atom stereocenters. The van der Waals surface area contributed by atoms with Crippen molar-refractivity contribution in [1.82, 2.24) is 15.3 Å². The van der Waals surface area contributed by atoms with E-state index < -0.39 is 11.7 Å². The van der Waals surface area contributed by atoms with Crippen LogP contribution < -0.4 is 21.3 Å². The maximum absolute atomic E-state index is 13.1. The topological polar surface area (TPSA) is 79.1 Å². The Kier molecular flexibility index (Phi) is 5.38. The van der Waals surface area contributed by atoms with Gasteiger partial charge < -0.3 is 21.3 Å². The Morgan fingerprint density at radius 3 is 2.73 bits per heavy atom. The van der Waals surface area contributed by atoms with Gasteiger partial charge in [0.05, 0.1) is 11.1 Å². The molecule has 0 bridgehead atoms. The van der Waals surface area contributed by atoms with Crippen LogP contribution in [0.1, 0.15) is 18.9 Å². The predicted molar refractivity (Wildman–Crippen MR) is 113 cm³/mol. The van der Waals surface area contributed by atoms with Crippen molar-refractivity contribution in [2.75, 3.05) is 35.6 Å². The number of hydrogen-bond acceptors (Lipinski definition) is 6. The van der Waals surface area contributed by atoms with E-state index in [-0.39, 0.29) is 17.3 Å². The van der Waals surface area contributed by atoms with Gasteiger partial charge in [-0.1, -0.05) is 19.1 Å². The van der Waals surface area contributed by atoms with Crippen molar-refractivity contribution >= 4 is 34.0 Å². The van der Waals surface area contributed by atoms with Crippen molar-refractivity contribution in [3.63, 3.8) is 0 Å². The molecule has 30 heavy (non-hydrogen) atoms. The number of benzene rings is 2. The van der Waals surface area contributed by atoms with Gasteiger partial charge in [0.1, 0.15) is 5.82 Å². The number of nitrogens with one attached hydrogen (secondary N) is 2. The minimum Gasteiger partial charge on any atom is -0.399 e. The average Bonchev–Trinajstić information content (AvgIpc) is 3.15. The Labute approximate surface area is 172 Å². The molecule has 6 nitrogen and oxygen atoms in total. The summed E-state index contributed by atoms with van der Waals surface area (Å²) in [6.45, 7) is 4.62. The van der Waals surface area contributed by atoms with E-state index in [0.717, 1.165) is 54.9 Å². The zero-order valence-electron chi connectivity index (χ0n) is 16.5. The monoisotopic (exact) mass is 416 g/mol. The molecule has 4 rings (SSSR count). The number of para-hydroxylation sites is 1. The number of nitrogens with zero attached hydrogens (tertiary/aromatic N) is 3. The number of fused-ring (bicyclic) bond motifs is 1. The van der Waals surface area contributed by atoms with E-state index in [0.29, 0.717) is 6.04 Å². The highest BCUT2D eigenvalue weighted by Crippen LogP contribution is 2.34. The number of aromatic nitrogens is 2. The van der Waals surface area contributed by atoms with Crippen molar-refractivity contribution in [1.29, 1.82) is 0 Å². The van der Waals surface area contributed by atoms with Gasteiger partial charge in [-0.15, -0.1) is 0 Å². The molecule has 0 amide bonds. The lowest BCUT2D eigenvalue weighted by Crippen LogP contribution is -2.32. The minimum atomic E-state index is -4.49. The molecule has 0 radical (unpaired) electrons. The smallest absolute Gasteiger partial charge is 0.399 e. The number of likely N-dealkylation sites (N-methyl/N-ethyl adjacent to an activating group) is 1. The van der Waals surface area contributed by atoms with Gasteiger partial charge in [-0.2, -0.15) is 18.2 Å². The van der Waals surface area contributed by atoms with Crippen molar-refractivity contribution in [2.24, 2.45) is 0 Å². The van der Waals surface area contributed by atoms with Gasteiger partial charge in [-0.3, -0.25) is 0 Å². The van der Waals surface area contributed by atoms with E-state index in [1.54, 1.807) is 0 Å². The van der Waals surface area contributed by atoms with E-state index in [1.165, 1.54) is 6.07 Å². The molecular weight excluding hydrogens is 393 g/mol. The van der Waals surface area contributed by atoms with Crippen molar-refractivity contribution in [3.05, 3.63) is 48.0 Å². The summed E-state index contributed by atoms with van der Waals surface area (Å²) in [6, 6.07) is 11.3. The summed E-state index contributed by atoms with van der Waals surface area (Å²) in [5.41, 5.74) is 5.78. The summed E-state index contributed by atoms with van der Waals surface area (Å²) in [5, 5.41) is 7.26. The fraction of sp³-hybridized carbons (Fsp3) is 0.333. The Hall–Kier alpha value is -3.07. The van der Waals surface area contributed by atoms with E-state index in [4.69, 9.17) is 5.73 Å². The second kappa shape index (κ2) is 7.98. The molecule has 0 saturated carbocycles. The Balaban J connectivity index is 1.70. The quantitative estimate of drug-likeness (QED) is 0.542. The largest absolute Gasteiger partial charge is 0.416 e. The Morgan fingerprint density at radius 2 is 1.97 bits per heavy atom. The van der Waals surface area contributed by atoms with Crippen molar-refractivity contribution in [3.8, 4) is 0 Å². The lowest BCUT2D eigenvalue weighted by molar-refractivity contribution is -0.137. The summed E-state index contributed by atoms with van der Waals surface area (Å²) in [7, 11) is 0. The van der Waals surface area contributed by atoms with Crippen LogP contribution in [-0.4, -0.2) is 35.6 Å². The molecule has 4 N–H and O–H groups in total. The number of halogens is 3. The second-order valence-electron chi connectivity index (χ2n) is 7.34. The molecule has 1 fully saturated rings. The first-order valence-electron chi connectivity index (χ1n) is 9.83. The van der Waals surface area contributed by atoms with Crippen LogP contribution in [0.25, 0.3) is 10.9 Å². The molecule has 0 spiro atoms. The van der Waals surface area contributed by atoms with Gasteiger partial charge in [0.15, 0.2) is 0 Å². The zero-order chi connectivity index (χ0) is 21.3. The summed E-state index contributed by atoms with van der Waals surface area (Å²) in [6.07, 6.45) is -3.49. The van der Waals surface area contributed by atoms with Crippen LogP contribution >= 0.6 is 0 Å². The SMILES string of the molecule is CCN[C@H]1CCN(c2nc(Nc3cc(N)cc(C(F)(F)F)c3)nc3ccccc23)C1. The third-order valence-corrected chi connectivity index (χ3v) is 5.10. The highest BCUT2D eigenvalue weighted by molar-refractivity contribution is 5.91. The van der Waals surface area contributed by atoms with Crippen LogP contribution in [-0.2, 0) is 6.18 Å². The third-order valence-electron chi connectivity index (χ3n) is 5.10. The molecule has 158 valence electrons. The molecule has 0 aliphatic carbocycles. The fourth-order valence-electron chi connectivity index (χ4n) is 3.78. The summed E-state index contributed by atoms with van der Waals surface area (Å²) >= 11 is 0. The standard InChI is InChI=1S/C21H23F3N6/c1-2-26-15-7-8-30(12-15)19-17-5-3-4-6-18(17)28-20(29-19)27-16-10-13(21(22,23)24)9-14(25)11-16/h3-6,9-11,15,26H,2,7-8,12,25H2,1H3,(H,27,28,29)/t15-/m0/s1. The van der Waals surface area contributed by atoms with Crippen LogP contribution in [0.2, 0.25) is 0 Å². The number of anilines is 4. The lowest BCUT2D eigenvalue weighted by Gasteiger charge is -2.21. The Bertz CT molecular complexity index is 1050. The summed E-state index contributed by atoms with van der Waals surface area (Å²) in [4.78, 5) is 11.3. The first-order chi connectivity index (χ1) is 14.3. The van der Waals surface area contributed by atoms with Crippen LogP contribution in [0.5, 0.6) is 0 Å². The molecule has 1 atom stereocenters. The van der Waals surface area contributed by atoms with Gasteiger partial charge >= 0.3 is 6.18 Å². The van der Waals surface area contributed by atoms with Gasteiger partial charge in [0.25, 0.3) is 0 Å². The fourth-order valence-corrected chi connectivity index (χ4v) is 3.78. The van der Waals surface area contributed by atoms with Crippen LogP contribution in [0.4, 0.5) is 36.3 Å². The van der Waals surface area contributed by atoms with Crippen LogP contribution in [0.3, 0.4) is 0 Å². The summed E-state index contributed by atoms with van der Waals surface area (Å²) < 4.78 is 39.4. The number of alkyl halides is 3. The van der Waals surface area contributed by atoms with Gasteiger partial charge in [-0.05, 0) is 43.3 Å². The lowest BCUT2D eigenvalue weighted by atomic mass is 10.1. The molecule has 2 aromatic carbocycles. The Morgan fingerprint density at radius 1 is 1.17 bits per heavy atom. The molecule has 1 aromatic heterocycles. The highest BCUT2D eigenvalue weighted by Gasteiger charge is 2.31. The molecule has 1 aliphatic heterocycles. The van der Waals surface area contributed by atoms with E-state index >= 15 is 0 Å². The zero-order valence-corrected chi connectivity index (χ0v) is 16.5. The molecule has 1 aliphatic rings. The normalized spacial score (nSPS) is 16.9. The molecule has 2 heterocycles. The van der Waals surface area contributed by atoms with Crippen LogP contribution in [0, 0.1) is 0 Å². The van der Waals surface area contributed by atoms with Crippen LogP contribution in [0.15, 0.2) is 42.5 Å². The predicted octanol–water partition coefficient (Wildman–Crippen LogP) is 4.16. The van der Waals surface area contributed by atoms with Crippen molar-refractivity contribution < 1.29 is 13.2 Å². The molecule has 9 heteroatoms. The van der Waals surface area contributed by atoms with E-state index in [1.807, 2.05) is 24.3 Å². The van der Waals surface area contributed by atoms with Gasteiger partial charge in [0.2, 0.25) is 5.95 Å². The molecule has 1 saturated heterocycles. The maximum atomic E-state index is 13.1. The maximum Gasteiger partial charge on any atom is 0.416 e. The first-order valence-corrected chi connectivity index (χ1v) is 9.83. The number of nitrogens with two attached hydrogens (primary N) is 1. The summed E-state index contributed by atoms with van der Waals surface area (Å²) in [5.74, 6) is 0.998. The number of rotatable bonds is 5. The molecular formula is C21H23F3N6. The van der Waals surface area contributed by atoms with Crippen molar-refractivity contribution in [2.45, 2.75) is 25.6 Å². The number of nitrogen functional groups attached to an aromatic ring is 1. The third kappa shape index (κ3) is 4.25. The average molecular weight is 416 g/mol. The highest BCUT2D eigenvalue weighted by atomic mass is 19.4. The van der Waals surface area contributed by atoms with E-state index in [9.17, 15) is 13.2 Å². The first kappa shape index (κ1) is 20.2. The van der Waals surface area contributed by atoms with Gasteiger partial charge in [0, 0.05) is 35.9 Å². The second-order valence-corrected chi connectivity index (χ2v) is 7.34. The minimum absolute atomic E-state index is 0.0152. The molecule has 3 aromatic rings.